The van der Waals surface area contributed by atoms with Crippen molar-refractivity contribution in [2.75, 3.05) is 13.2 Å². The van der Waals surface area contributed by atoms with Crippen molar-refractivity contribution in [3.05, 3.63) is 0 Å². The molecule has 0 amide bonds. The molecule has 0 unspecified atom stereocenters. The minimum atomic E-state index is 0.981. The predicted molar refractivity (Wildman–Crippen MR) is 59.3 cm³/mol. The average Bonchev–Trinajstić information content (AvgIpc) is 2.23. The quantitative estimate of drug-likeness (QED) is 0.655. The molecule has 1 aliphatic heterocycles. The molecule has 1 heteroatoms. The minimum absolute atomic E-state index is 0.981. The summed E-state index contributed by atoms with van der Waals surface area (Å²) in [6, 6.07) is 0. The normalized spacial score (nSPS) is 35.8. The highest BCUT2D eigenvalue weighted by Gasteiger charge is 2.25. The summed E-state index contributed by atoms with van der Waals surface area (Å²) in [4.78, 5) is 0. The van der Waals surface area contributed by atoms with E-state index < -0.39 is 0 Å². The van der Waals surface area contributed by atoms with E-state index in [1.807, 2.05) is 0 Å². The number of ether oxygens (including phenoxy) is 1. The molecule has 2 fully saturated rings. The van der Waals surface area contributed by atoms with Crippen LogP contribution in [0.5, 0.6) is 0 Å². The molecule has 0 N–H and O–H groups in total. The van der Waals surface area contributed by atoms with Crippen LogP contribution in [0, 0.1) is 17.8 Å². The number of rotatable bonds is 2. The number of hydrogen-bond donors (Lipinski definition) is 0. The summed E-state index contributed by atoms with van der Waals surface area (Å²) < 4.78 is 5.42. The van der Waals surface area contributed by atoms with Crippen molar-refractivity contribution in [1.82, 2.24) is 0 Å². The van der Waals surface area contributed by atoms with Crippen molar-refractivity contribution in [3.8, 4) is 0 Å². The molecule has 1 saturated heterocycles. The Labute approximate surface area is 88.2 Å². The molecule has 0 spiro atoms. The summed E-state index contributed by atoms with van der Waals surface area (Å²) >= 11 is 0. The fraction of sp³-hybridized carbons (Fsp3) is 1.00. The molecule has 1 heterocycles. The maximum Gasteiger partial charge on any atom is 0.0468 e. The molecule has 0 bridgehead atoms. The maximum absolute atomic E-state index is 5.42. The molecule has 0 aromatic heterocycles. The molecular weight excluding hydrogens is 172 g/mol. The van der Waals surface area contributed by atoms with Gasteiger partial charge in [-0.05, 0) is 37.0 Å². The Hall–Kier alpha value is -0.0400. The highest BCUT2D eigenvalue weighted by atomic mass is 16.5. The smallest absolute Gasteiger partial charge is 0.0468 e. The van der Waals surface area contributed by atoms with Gasteiger partial charge in [0.25, 0.3) is 0 Å². The van der Waals surface area contributed by atoms with Gasteiger partial charge in [0.2, 0.25) is 0 Å². The van der Waals surface area contributed by atoms with Crippen LogP contribution in [0.2, 0.25) is 0 Å². The van der Waals surface area contributed by atoms with Gasteiger partial charge in [-0.25, -0.2) is 0 Å². The molecule has 1 nitrogen and oxygen atoms in total. The lowest BCUT2D eigenvalue weighted by molar-refractivity contribution is 0.0517. The summed E-state index contributed by atoms with van der Waals surface area (Å²) in [6.07, 6.45) is 10.1. The van der Waals surface area contributed by atoms with Crippen molar-refractivity contribution in [3.63, 3.8) is 0 Å². The van der Waals surface area contributed by atoms with Gasteiger partial charge in [-0.3, -0.25) is 0 Å². The monoisotopic (exact) mass is 196 g/mol. The van der Waals surface area contributed by atoms with E-state index in [9.17, 15) is 0 Å². The van der Waals surface area contributed by atoms with E-state index in [1.165, 1.54) is 44.9 Å². The first-order valence-corrected chi connectivity index (χ1v) is 6.44. The van der Waals surface area contributed by atoms with Gasteiger partial charge in [0, 0.05) is 13.2 Å². The molecule has 1 aliphatic carbocycles. The van der Waals surface area contributed by atoms with Crippen molar-refractivity contribution in [2.24, 2.45) is 17.8 Å². The zero-order chi connectivity index (χ0) is 9.80. The fourth-order valence-electron chi connectivity index (χ4n) is 3.15. The van der Waals surface area contributed by atoms with Gasteiger partial charge in [0.1, 0.15) is 0 Å². The summed E-state index contributed by atoms with van der Waals surface area (Å²) in [7, 11) is 0. The van der Waals surface area contributed by atoms with Gasteiger partial charge < -0.3 is 4.74 Å². The van der Waals surface area contributed by atoms with Crippen LogP contribution >= 0.6 is 0 Å². The first-order chi connectivity index (χ1) is 6.86. The Morgan fingerprint density at radius 2 is 1.71 bits per heavy atom. The van der Waals surface area contributed by atoms with Crippen molar-refractivity contribution < 1.29 is 4.74 Å². The predicted octanol–water partition coefficient (Wildman–Crippen LogP) is 3.63. The molecule has 2 aliphatic rings. The molecule has 0 aromatic rings. The Balaban J connectivity index is 1.76. The first kappa shape index (κ1) is 10.5. The molecule has 2 atom stereocenters. The SMILES string of the molecule is C[C@@H]1CCCC[C@@H]1CC1CCOCC1. The van der Waals surface area contributed by atoms with E-state index in [0.717, 1.165) is 31.0 Å². The van der Waals surface area contributed by atoms with E-state index in [2.05, 4.69) is 6.92 Å². The highest BCUT2D eigenvalue weighted by molar-refractivity contribution is 4.76. The lowest BCUT2D eigenvalue weighted by atomic mass is 9.74. The Morgan fingerprint density at radius 1 is 1.00 bits per heavy atom. The zero-order valence-corrected chi connectivity index (χ0v) is 9.50. The van der Waals surface area contributed by atoms with Gasteiger partial charge in [-0.1, -0.05) is 32.6 Å². The van der Waals surface area contributed by atoms with Crippen LogP contribution in [0.15, 0.2) is 0 Å². The van der Waals surface area contributed by atoms with E-state index in [0.29, 0.717) is 0 Å². The summed E-state index contributed by atoms with van der Waals surface area (Å²) in [5.41, 5.74) is 0. The molecule has 1 saturated carbocycles. The van der Waals surface area contributed by atoms with Gasteiger partial charge in [0.15, 0.2) is 0 Å². The average molecular weight is 196 g/mol. The summed E-state index contributed by atoms with van der Waals surface area (Å²) in [6.45, 7) is 4.50. The Kier molecular flexibility index (Phi) is 3.86. The van der Waals surface area contributed by atoms with E-state index >= 15 is 0 Å². The van der Waals surface area contributed by atoms with Crippen LogP contribution < -0.4 is 0 Å². The fourth-order valence-corrected chi connectivity index (χ4v) is 3.15. The molecule has 2 rings (SSSR count). The Bertz CT molecular complexity index is 161. The van der Waals surface area contributed by atoms with Crippen molar-refractivity contribution >= 4 is 0 Å². The van der Waals surface area contributed by atoms with Crippen molar-refractivity contribution in [1.29, 1.82) is 0 Å². The maximum atomic E-state index is 5.42. The standard InChI is InChI=1S/C13H24O/c1-11-4-2-3-5-13(11)10-12-6-8-14-9-7-12/h11-13H,2-10H2,1H3/t11-,13-/m1/s1. The van der Waals surface area contributed by atoms with Gasteiger partial charge >= 0.3 is 0 Å². The van der Waals surface area contributed by atoms with Crippen LogP contribution in [0.1, 0.15) is 51.9 Å². The Morgan fingerprint density at radius 3 is 2.43 bits per heavy atom. The lowest BCUT2D eigenvalue weighted by Crippen LogP contribution is -2.23. The topological polar surface area (TPSA) is 9.23 Å². The molecule has 14 heavy (non-hydrogen) atoms. The molecular formula is C13H24O. The third-order valence-corrected chi connectivity index (χ3v) is 4.27. The van der Waals surface area contributed by atoms with Crippen molar-refractivity contribution in [2.45, 2.75) is 51.9 Å². The second-order valence-electron chi connectivity index (χ2n) is 5.31. The van der Waals surface area contributed by atoms with Crippen LogP contribution in [0.4, 0.5) is 0 Å². The third kappa shape index (κ3) is 2.73. The van der Waals surface area contributed by atoms with Gasteiger partial charge in [-0.2, -0.15) is 0 Å². The largest absolute Gasteiger partial charge is 0.381 e. The molecule has 0 radical (unpaired) electrons. The van der Waals surface area contributed by atoms with E-state index in [1.54, 1.807) is 0 Å². The third-order valence-electron chi connectivity index (χ3n) is 4.27. The van der Waals surface area contributed by atoms with Gasteiger partial charge in [0.05, 0.1) is 0 Å². The second-order valence-corrected chi connectivity index (χ2v) is 5.31. The summed E-state index contributed by atoms with van der Waals surface area (Å²) in [5.74, 6) is 3.01. The van der Waals surface area contributed by atoms with Crippen LogP contribution in [0.25, 0.3) is 0 Å². The molecule has 82 valence electrons. The van der Waals surface area contributed by atoms with E-state index in [4.69, 9.17) is 4.74 Å². The lowest BCUT2D eigenvalue weighted by Gasteiger charge is -2.33. The van der Waals surface area contributed by atoms with Gasteiger partial charge in [-0.15, -0.1) is 0 Å². The zero-order valence-electron chi connectivity index (χ0n) is 9.50. The second kappa shape index (κ2) is 5.16. The first-order valence-electron chi connectivity index (χ1n) is 6.44. The summed E-state index contributed by atoms with van der Waals surface area (Å²) in [5, 5.41) is 0. The van der Waals surface area contributed by atoms with Crippen LogP contribution in [0.3, 0.4) is 0 Å². The highest BCUT2D eigenvalue weighted by Crippen LogP contribution is 2.36. The number of hydrogen-bond acceptors (Lipinski definition) is 1. The van der Waals surface area contributed by atoms with Crippen LogP contribution in [-0.2, 0) is 4.74 Å². The molecule has 0 aromatic carbocycles. The van der Waals surface area contributed by atoms with Crippen LogP contribution in [-0.4, -0.2) is 13.2 Å². The minimum Gasteiger partial charge on any atom is -0.381 e. The van der Waals surface area contributed by atoms with E-state index in [-0.39, 0.29) is 0 Å².